The van der Waals surface area contributed by atoms with E-state index < -0.39 is 0 Å². The van der Waals surface area contributed by atoms with Crippen LogP contribution in [0.5, 0.6) is 0 Å². The maximum Gasteiger partial charge on any atom is 0.109 e. The lowest BCUT2D eigenvalue weighted by molar-refractivity contribution is 0.811. The van der Waals surface area contributed by atoms with E-state index in [0.717, 1.165) is 18.0 Å². The molecule has 0 unspecified atom stereocenters. The second-order valence-corrected chi connectivity index (χ2v) is 5.07. The third-order valence-corrected chi connectivity index (χ3v) is 3.65. The van der Waals surface area contributed by atoms with Crippen LogP contribution in [-0.2, 0) is 20.0 Å². The van der Waals surface area contributed by atoms with Gasteiger partial charge in [0.1, 0.15) is 5.82 Å². The normalized spacial score (nSPS) is 10.7. The Morgan fingerprint density at radius 3 is 3.00 bits per heavy atom. The Bertz CT molecular complexity index is 479. The van der Waals surface area contributed by atoms with Gasteiger partial charge < -0.3 is 10.3 Å². The molecule has 3 nitrogen and oxygen atoms in total. The number of nitrogens with two attached hydrogens (primary N) is 1. The van der Waals surface area contributed by atoms with Gasteiger partial charge in [0.15, 0.2) is 0 Å². The summed E-state index contributed by atoms with van der Waals surface area (Å²) in [6.45, 7) is 0.605. The van der Waals surface area contributed by atoms with Gasteiger partial charge in [0, 0.05) is 43.1 Å². The molecule has 0 saturated carbocycles. The third-order valence-electron chi connectivity index (χ3n) is 2.65. The fourth-order valence-corrected chi connectivity index (χ4v) is 2.59. The van der Waals surface area contributed by atoms with E-state index in [4.69, 9.17) is 5.73 Å². The van der Waals surface area contributed by atoms with Gasteiger partial charge in [0.2, 0.25) is 0 Å². The van der Waals surface area contributed by atoms with Gasteiger partial charge in [-0.2, -0.15) is 0 Å². The first kappa shape index (κ1) is 12.2. The molecule has 0 aliphatic rings. The fraction of sp³-hybridized carbons (Fsp3) is 0.308. The molecule has 1 aromatic heterocycles. The zero-order valence-electron chi connectivity index (χ0n) is 9.97. The zero-order chi connectivity index (χ0) is 12.1. The second kappa shape index (κ2) is 5.89. The fourth-order valence-electron chi connectivity index (χ4n) is 1.66. The molecule has 17 heavy (non-hydrogen) atoms. The van der Waals surface area contributed by atoms with Crippen molar-refractivity contribution in [3.63, 3.8) is 0 Å². The van der Waals surface area contributed by atoms with E-state index in [0.29, 0.717) is 6.54 Å². The highest BCUT2D eigenvalue weighted by atomic mass is 32.2. The molecular formula is C13H17N3S. The number of nitrogens with zero attached hydrogens (tertiary/aromatic N) is 2. The van der Waals surface area contributed by atoms with Gasteiger partial charge in [-0.15, -0.1) is 11.8 Å². The van der Waals surface area contributed by atoms with Crippen molar-refractivity contribution in [3.8, 4) is 0 Å². The van der Waals surface area contributed by atoms with Crippen molar-refractivity contribution in [1.29, 1.82) is 0 Å². The Labute approximate surface area is 106 Å². The third kappa shape index (κ3) is 3.35. The summed E-state index contributed by atoms with van der Waals surface area (Å²) in [5.41, 5.74) is 6.81. The molecule has 0 aliphatic carbocycles. The number of hydrogen-bond donors (Lipinski definition) is 1. The predicted molar refractivity (Wildman–Crippen MR) is 72.0 cm³/mol. The number of hydrogen-bond acceptors (Lipinski definition) is 3. The van der Waals surface area contributed by atoms with Gasteiger partial charge in [0.25, 0.3) is 0 Å². The van der Waals surface area contributed by atoms with Crippen molar-refractivity contribution < 1.29 is 0 Å². The molecule has 4 heteroatoms. The lowest BCUT2D eigenvalue weighted by Crippen LogP contribution is -1.99. The minimum Gasteiger partial charge on any atom is -0.338 e. The molecule has 0 amide bonds. The summed E-state index contributed by atoms with van der Waals surface area (Å²) in [5.74, 6) is 2.17. The summed E-state index contributed by atoms with van der Waals surface area (Å²) < 4.78 is 2.07. The first-order valence-corrected chi connectivity index (χ1v) is 6.66. The monoisotopic (exact) mass is 247 g/mol. The van der Waals surface area contributed by atoms with Gasteiger partial charge in [0.05, 0.1) is 0 Å². The lowest BCUT2D eigenvalue weighted by atomic mass is 10.2. The molecule has 0 radical (unpaired) electrons. The standard InChI is InChI=1S/C13H17N3S/c1-16-7-6-15-13(16)5-8-17-12-4-2-3-11(9-12)10-14/h2-4,6-7,9H,5,8,10,14H2,1H3. The minimum atomic E-state index is 0.605. The highest BCUT2D eigenvalue weighted by Gasteiger charge is 2.00. The molecule has 2 N–H and O–H groups in total. The molecular weight excluding hydrogens is 230 g/mol. The van der Waals surface area contributed by atoms with Crippen LogP contribution in [0.2, 0.25) is 0 Å². The van der Waals surface area contributed by atoms with E-state index in [1.54, 1.807) is 0 Å². The summed E-state index contributed by atoms with van der Waals surface area (Å²) in [6.07, 6.45) is 4.81. The lowest BCUT2D eigenvalue weighted by Gasteiger charge is -2.04. The Balaban J connectivity index is 1.87. The summed E-state index contributed by atoms with van der Waals surface area (Å²) >= 11 is 1.85. The van der Waals surface area contributed by atoms with Crippen molar-refractivity contribution in [2.24, 2.45) is 12.8 Å². The molecule has 0 fully saturated rings. The van der Waals surface area contributed by atoms with Crippen LogP contribution in [0, 0.1) is 0 Å². The van der Waals surface area contributed by atoms with Crippen LogP contribution in [0.4, 0.5) is 0 Å². The van der Waals surface area contributed by atoms with E-state index in [9.17, 15) is 0 Å². The Hall–Kier alpha value is -1.26. The van der Waals surface area contributed by atoms with Gasteiger partial charge in [-0.25, -0.2) is 4.98 Å². The first-order chi connectivity index (χ1) is 8.29. The van der Waals surface area contributed by atoms with Crippen molar-refractivity contribution in [1.82, 2.24) is 9.55 Å². The van der Waals surface area contributed by atoms with Gasteiger partial charge in [-0.05, 0) is 17.7 Å². The average molecular weight is 247 g/mol. The van der Waals surface area contributed by atoms with Crippen LogP contribution in [0.1, 0.15) is 11.4 Å². The van der Waals surface area contributed by atoms with Crippen LogP contribution in [0.25, 0.3) is 0 Å². The van der Waals surface area contributed by atoms with Crippen LogP contribution in [0.3, 0.4) is 0 Å². The quantitative estimate of drug-likeness (QED) is 0.824. The van der Waals surface area contributed by atoms with Gasteiger partial charge >= 0.3 is 0 Å². The van der Waals surface area contributed by atoms with Gasteiger partial charge in [-0.3, -0.25) is 0 Å². The molecule has 2 rings (SSSR count). The molecule has 0 spiro atoms. The Morgan fingerprint density at radius 1 is 1.41 bits per heavy atom. The first-order valence-electron chi connectivity index (χ1n) is 5.67. The zero-order valence-corrected chi connectivity index (χ0v) is 10.8. The van der Waals surface area contributed by atoms with Crippen LogP contribution in [-0.4, -0.2) is 15.3 Å². The topological polar surface area (TPSA) is 43.8 Å². The van der Waals surface area contributed by atoms with Gasteiger partial charge in [-0.1, -0.05) is 12.1 Å². The Kier molecular flexibility index (Phi) is 4.23. The van der Waals surface area contributed by atoms with E-state index in [-0.39, 0.29) is 0 Å². The molecule has 2 aromatic rings. The molecule has 1 heterocycles. The Morgan fingerprint density at radius 2 is 2.29 bits per heavy atom. The number of aryl methyl sites for hydroxylation is 2. The van der Waals surface area contributed by atoms with Crippen molar-refractivity contribution in [2.45, 2.75) is 17.9 Å². The summed E-state index contributed by atoms with van der Waals surface area (Å²) in [6, 6.07) is 8.40. The van der Waals surface area contributed by atoms with E-state index >= 15 is 0 Å². The number of rotatable bonds is 5. The van der Waals surface area contributed by atoms with Crippen molar-refractivity contribution in [3.05, 3.63) is 48.0 Å². The minimum absolute atomic E-state index is 0.605. The molecule has 0 bridgehead atoms. The molecule has 0 atom stereocenters. The average Bonchev–Trinajstić information content (AvgIpc) is 2.76. The largest absolute Gasteiger partial charge is 0.338 e. The van der Waals surface area contributed by atoms with E-state index in [1.807, 2.05) is 31.2 Å². The number of aromatic nitrogens is 2. The highest BCUT2D eigenvalue weighted by Crippen LogP contribution is 2.19. The predicted octanol–water partition coefficient (Wildman–Crippen LogP) is 2.21. The summed E-state index contributed by atoms with van der Waals surface area (Å²) in [7, 11) is 2.03. The molecule has 90 valence electrons. The SMILES string of the molecule is Cn1ccnc1CCSc1cccc(CN)c1. The van der Waals surface area contributed by atoms with Crippen LogP contribution in [0.15, 0.2) is 41.6 Å². The van der Waals surface area contributed by atoms with E-state index in [1.165, 1.54) is 10.5 Å². The second-order valence-electron chi connectivity index (χ2n) is 3.90. The number of imidazole rings is 1. The molecule has 0 saturated heterocycles. The number of thioether (sulfide) groups is 1. The van der Waals surface area contributed by atoms with Crippen molar-refractivity contribution in [2.75, 3.05) is 5.75 Å². The smallest absolute Gasteiger partial charge is 0.109 e. The summed E-state index contributed by atoms with van der Waals surface area (Å²) in [4.78, 5) is 5.59. The van der Waals surface area contributed by atoms with E-state index in [2.05, 4.69) is 33.8 Å². The van der Waals surface area contributed by atoms with Crippen LogP contribution < -0.4 is 5.73 Å². The maximum absolute atomic E-state index is 5.62. The molecule has 0 aliphatic heterocycles. The molecule has 1 aromatic carbocycles. The van der Waals surface area contributed by atoms with Crippen LogP contribution >= 0.6 is 11.8 Å². The highest BCUT2D eigenvalue weighted by molar-refractivity contribution is 7.99. The maximum atomic E-state index is 5.62. The summed E-state index contributed by atoms with van der Waals surface area (Å²) in [5, 5.41) is 0. The van der Waals surface area contributed by atoms with Crippen molar-refractivity contribution >= 4 is 11.8 Å². The number of benzene rings is 1.